The van der Waals surface area contributed by atoms with Gasteiger partial charge in [0.1, 0.15) is 11.6 Å². The second-order valence-electron chi connectivity index (χ2n) is 4.19. The normalized spacial score (nSPS) is 10.4. The number of anilines is 1. The molecule has 2 aromatic rings. The van der Waals surface area contributed by atoms with Crippen molar-refractivity contribution in [3.8, 4) is 5.75 Å². The van der Waals surface area contributed by atoms with Gasteiger partial charge in [0, 0.05) is 18.2 Å². The molecule has 0 atom stereocenters. The number of rotatable bonds is 3. The van der Waals surface area contributed by atoms with Gasteiger partial charge in [0.2, 0.25) is 0 Å². The quantitative estimate of drug-likeness (QED) is 0.924. The van der Waals surface area contributed by atoms with E-state index >= 15 is 0 Å². The van der Waals surface area contributed by atoms with Crippen LogP contribution in [0.2, 0.25) is 5.02 Å². The van der Waals surface area contributed by atoms with Crippen molar-refractivity contribution >= 4 is 17.4 Å². The fourth-order valence-corrected chi connectivity index (χ4v) is 2.06. The molecule has 1 aromatic heterocycles. The predicted molar refractivity (Wildman–Crippen MR) is 74.2 cm³/mol. The highest BCUT2D eigenvalue weighted by Crippen LogP contribution is 2.25. The van der Waals surface area contributed by atoms with E-state index < -0.39 is 0 Å². The number of benzene rings is 1. The molecule has 4 heteroatoms. The predicted octanol–water partition coefficient (Wildman–Crippen LogP) is 3.23. The van der Waals surface area contributed by atoms with E-state index in [2.05, 4.69) is 11.1 Å². The molecule has 0 saturated carbocycles. The molecule has 0 aliphatic rings. The van der Waals surface area contributed by atoms with Gasteiger partial charge < -0.3 is 10.5 Å². The van der Waals surface area contributed by atoms with Gasteiger partial charge in [-0.1, -0.05) is 29.3 Å². The molecule has 0 radical (unpaired) electrons. The van der Waals surface area contributed by atoms with Crippen LogP contribution in [0.15, 0.2) is 30.5 Å². The highest BCUT2D eigenvalue weighted by Gasteiger charge is 2.08. The second kappa shape index (κ2) is 5.27. The third-order valence-electron chi connectivity index (χ3n) is 2.78. The van der Waals surface area contributed by atoms with E-state index in [1.165, 1.54) is 5.56 Å². The maximum Gasteiger partial charge on any atom is 0.126 e. The topological polar surface area (TPSA) is 48.1 Å². The van der Waals surface area contributed by atoms with Crippen LogP contribution in [0.3, 0.4) is 0 Å². The molecule has 18 heavy (non-hydrogen) atoms. The molecule has 94 valence electrons. The molecule has 1 heterocycles. The number of halogens is 1. The standard InChI is InChI=1S/C14H15ClN2O/c1-9-3-4-13(18-2)10(5-9)6-11-7-12(15)8-17-14(11)16/h3-5,7-8H,6H2,1-2H3,(H2,16,17). The number of nitrogen functional groups attached to an aromatic ring is 1. The molecule has 0 aliphatic carbocycles. The number of aromatic nitrogens is 1. The zero-order valence-electron chi connectivity index (χ0n) is 10.4. The Morgan fingerprint density at radius 2 is 2.06 bits per heavy atom. The lowest BCUT2D eigenvalue weighted by molar-refractivity contribution is 0.410. The minimum absolute atomic E-state index is 0.503. The van der Waals surface area contributed by atoms with Crippen molar-refractivity contribution in [3.05, 3.63) is 52.2 Å². The highest BCUT2D eigenvalue weighted by atomic mass is 35.5. The Bertz CT molecular complexity index is 570. The Hall–Kier alpha value is -1.74. The molecule has 0 fully saturated rings. The summed E-state index contributed by atoms with van der Waals surface area (Å²) in [5.41, 5.74) is 9.02. The lowest BCUT2D eigenvalue weighted by Crippen LogP contribution is -2.00. The Labute approximate surface area is 112 Å². The summed E-state index contributed by atoms with van der Waals surface area (Å²) >= 11 is 5.94. The molecule has 0 saturated heterocycles. The molecule has 0 spiro atoms. The summed E-state index contributed by atoms with van der Waals surface area (Å²) in [7, 11) is 1.66. The second-order valence-corrected chi connectivity index (χ2v) is 4.63. The van der Waals surface area contributed by atoms with Crippen LogP contribution in [0.5, 0.6) is 5.75 Å². The van der Waals surface area contributed by atoms with Gasteiger partial charge in [-0.3, -0.25) is 0 Å². The van der Waals surface area contributed by atoms with Crippen LogP contribution < -0.4 is 10.5 Å². The number of pyridine rings is 1. The van der Waals surface area contributed by atoms with Gasteiger partial charge in [0.15, 0.2) is 0 Å². The van der Waals surface area contributed by atoms with Gasteiger partial charge >= 0.3 is 0 Å². The zero-order chi connectivity index (χ0) is 13.1. The number of nitrogens with two attached hydrogens (primary N) is 1. The van der Waals surface area contributed by atoms with Crippen LogP contribution in [0.1, 0.15) is 16.7 Å². The first-order valence-electron chi connectivity index (χ1n) is 5.63. The Morgan fingerprint density at radius 1 is 1.28 bits per heavy atom. The Morgan fingerprint density at radius 3 is 2.78 bits per heavy atom. The van der Waals surface area contributed by atoms with E-state index in [0.29, 0.717) is 17.3 Å². The van der Waals surface area contributed by atoms with Gasteiger partial charge in [-0.15, -0.1) is 0 Å². The van der Waals surface area contributed by atoms with Crippen LogP contribution in [-0.4, -0.2) is 12.1 Å². The van der Waals surface area contributed by atoms with E-state index in [0.717, 1.165) is 16.9 Å². The SMILES string of the molecule is COc1ccc(C)cc1Cc1cc(Cl)cnc1N. The molecule has 0 unspecified atom stereocenters. The first-order chi connectivity index (χ1) is 8.60. The van der Waals surface area contributed by atoms with Crippen molar-refractivity contribution in [2.24, 2.45) is 0 Å². The maximum absolute atomic E-state index is 5.94. The monoisotopic (exact) mass is 262 g/mol. The molecule has 0 bridgehead atoms. The lowest BCUT2D eigenvalue weighted by atomic mass is 10.0. The molecular formula is C14H15ClN2O. The third-order valence-corrected chi connectivity index (χ3v) is 2.99. The number of aryl methyl sites for hydroxylation is 1. The van der Waals surface area contributed by atoms with Gasteiger partial charge in [-0.05, 0) is 24.6 Å². The average molecular weight is 263 g/mol. The summed E-state index contributed by atoms with van der Waals surface area (Å²) in [5.74, 6) is 1.35. The fraction of sp³-hybridized carbons (Fsp3) is 0.214. The smallest absolute Gasteiger partial charge is 0.126 e. The van der Waals surface area contributed by atoms with E-state index in [1.807, 2.05) is 25.1 Å². The Balaban J connectivity index is 2.38. The molecular weight excluding hydrogens is 248 g/mol. The van der Waals surface area contributed by atoms with Crippen LogP contribution in [0, 0.1) is 6.92 Å². The van der Waals surface area contributed by atoms with Gasteiger partial charge in [0.05, 0.1) is 12.1 Å². The number of hydrogen-bond acceptors (Lipinski definition) is 3. The summed E-state index contributed by atoms with van der Waals surface area (Å²) in [6, 6.07) is 7.89. The first kappa shape index (κ1) is 12.7. The van der Waals surface area contributed by atoms with Crippen molar-refractivity contribution in [1.82, 2.24) is 4.98 Å². The molecule has 3 nitrogen and oxygen atoms in total. The van der Waals surface area contributed by atoms with Gasteiger partial charge in [-0.25, -0.2) is 4.98 Å². The molecule has 0 amide bonds. The largest absolute Gasteiger partial charge is 0.496 e. The van der Waals surface area contributed by atoms with Gasteiger partial charge in [0.25, 0.3) is 0 Å². The molecule has 2 rings (SSSR count). The van der Waals surface area contributed by atoms with Crippen LogP contribution in [0.4, 0.5) is 5.82 Å². The molecule has 0 aliphatic heterocycles. The summed E-state index contributed by atoms with van der Waals surface area (Å²) in [6.45, 7) is 2.04. The van der Waals surface area contributed by atoms with Crippen molar-refractivity contribution in [1.29, 1.82) is 0 Å². The summed E-state index contributed by atoms with van der Waals surface area (Å²) in [5, 5.41) is 0.589. The van der Waals surface area contributed by atoms with E-state index in [4.69, 9.17) is 22.1 Å². The minimum Gasteiger partial charge on any atom is -0.496 e. The maximum atomic E-state index is 5.94. The number of hydrogen-bond donors (Lipinski definition) is 1. The third kappa shape index (κ3) is 2.74. The summed E-state index contributed by atoms with van der Waals surface area (Å²) in [4.78, 5) is 4.06. The summed E-state index contributed by atoms with van der Waals surface area (Å²) in [6.07, 6.45) is 2.21. The fourth-order valence-electron chi connectivity index (χ4n) is 1.88. The van der Waals surface area contributed by atoms with Crippen LogP contribution in [-0.2, 0) is 6.42 Å². The summed E-state index contributed by atoms with van der Waals surface area (Å²) < 4.78 is 5.35. The number of nitrogens with zero attached hydrogens (tertiary/aromatic N) is 1. The average Bonchev–Trinajstić information content (AvgIpc) is 2.34. The van der Waals surface area contributed by atoms with Crippen molar-refractivity contribution in [2.75, 3.05) is 12.8 Å². The van der Waals surface area contributed by atoms with Crippen LogP contribution in [0.25, 0.3) is 0 Å². The van der Waals surface area contributed by atoms with Crippen molar-refractivity contribution in [2.45, 2.75) is 13.3 Å². The minimum atomic E-state index is 0.503. The van der Waals surface area contributed by atoms with E-state index in [1.54, 1.807) is 13.3 Å². The van der Waals surface area contributed by atoms with E-state index in [9.17, 15) is 0 Å². The molecule has 2 N–H and O–H groups in total. The molecule has 1 aromatic carbocycles. The van der Waals surface area contributed by atoms with Crippen molar-refractivity contribution in [3.63, 3.8) is 0 Å². The van der Waals surface area contributed by atoms with E-state index in [-0.39, 0.29) is 0 Å². The first-order valence-corrected chi connectivity index (χ1v) is 6.01. The number of methoxy groups -OCH3 is 1. The Kier molecular flexibility index (Phi) is 3.72. The highest BCUT2D eigenvalue weighted by molar-refractivity contribution is 6.30. The zero-order valence-corrected chi connectivity index (χ0v) is 11.2. The lowest BCUT2D eigenvalue weighted by Gasteiger charge is -2.11. The van der Waals surface area contributed by atoms with Gasteiger partial charge in [-0.2, -0.15) is 0 Å². The number of ether oxygens (including phenoxy) is 1. The van der Waals surface area contributed by atoms with Crippen LogP contribution >= 0.6 is 11.6 Å². The van der Waals surface area contributed by atoms with Crippen molar-refractivity contribution < 1.29 is 4.74 Å².